The number of ether oxygens (including phenoxy) is 2. The zero-order valence-corrected chi connectivity index (χ0v) is 16.8. The van der Waals surface area contributed by atoms with Crippen LogP contribution in [0.3, 0.4) is 0 Å². The highest BCUT2D eigenvalue weighted by molar-refractivity contribution is 5.91. The van der Waals surface area contributed by atoms with E-state index in [1.165, 1.54) is 4.90 Å². The second-order valence-corrected chi connectivity index (χ2v) is 6.15. The molecule has 2 rings (SSSR count). The van der Waals surface area contributed by atoms with Gasteiger partial charge in [0.25, 0.3) is 0 Å². The third-order valence-corrected chi connectivity index (χ3v) is 3.72. The standard InChI is InChI=1S/C20H24N2O4.ClH/c1-14-5-8-16(9-6-14)19(23)25-18-13-15(11-12-21-2)7-10-17(18)26-20(24)22(3)4;/h5-10,13,21H,11-12H2,1-4H3;1H. The molecule has 0 spiro atoms. The fraction of sp³-hybridized carbons (Fsp3) is 0.300. The molecule has 146 valence electrons. The number of rotatable bonds is 6. The maximum absolute atomic E-state index is 12.4. The number of hydrogen-bond donors (Lipinski definition) is 1. The predicted octanol–water partition coefficient (Wildman–Crippen LogP) is 3.46. The molecule has 7 heteroatoms. The number of esters is 1. The van der Waals surface area contributed by atoms with Gasteiger partial charge < -0.3 is 19.7 Å². The molecule has 1 N–H and O–H groups in total. The van der Waals surface area contributed by atoms with Gasteiger partial charge in [-0.1, -0.05) is 23.8 Å². The molecule has 0 saturated heterocycles. The quantitative estimate of drug-likeness (QED) is 0.602. The van der Waals surface area contributed by atoms with Crippen molar-refractivity contribution in [2.75, 3.05) is 27.7 Å². The van der Waals surface area contributed by atoms with Crippen molar-refractivity contribution < 1.29 is 19.1 Å². The highest BCUT2D eigenvalue weighted by atomic mass is 35.5. The molecule has 6 nitrogen and oxygen atoms in total. The van der Waals surface area contributed by atoms with E-state index in [4.69, 9.17) is 9.47 Å². The number of nitrogens with one attached hydrogen (secondary N) is 1. The van der Waals surface area contributed by atoms with Crippen LogP contribution in [0.25, 0.3) is 0 Å². The van der Waals surface area contributed by atoms with Crippen molar-refractivity contribution in [2.24, 2.45) is 0 Å². The normalized spacial score (nSPS) is 9.93. The molecular formula is C20H25ClN2O4. The minimum Gasteiger partial charge on any atom is -0.419 e. The van der Waals surface area contributed by atoms with Crippen molar-refractivity contribution in [3.05, 3.63) is 59.2 Å². The number of likely N-dealkylation sites (N-methyl/N-ethyl adjacent to an activating group) is 1. The van der Waals surface area contributed by atoms with E-state index >= 15 is 0 Å². The van der Waals surface area contributed by atoms with Crippen LogP contribution in [-0.2, 0) is 6.42 Å². The molecule has 0 aromatic heterocycles. The largest absolute Gasteiger partial charge is 0.419 e. The second kappa shape index (κ2) is 10.5. The molecule has 0 fully saturated rings. The summed E-state index contributed by atoms with van der Waals surface area (Å²) >= 11 is 0. The SMILES string of the molecule is CNCCc1ccc(OC(=O)N(C)C)c(OC(=O)c2ccc(C)cc2)c1.Cl. The fourth-order valence-electron chi connectivity index (χ4n) is 2.18. The van der Waals surface area contributed by atoms with Gasteiger partial charge in [0.05, 0.1) is 5.56 Å². The summed E-state index contributed by atoms with van der Waals surface area (Å²) in [7, 11) is 5.04. The first kappa shape index (κ1) is 22.5. The minimum atomic E-state index is -0.541. The average Bonchev–Trinajstić information content (AvgIpc) is 2.62. The summed E-state index contributed by atoms with van der Waals surface area (Å²) < 4.78 is 10.8. The number of halogens is 1. The van der Waals surface area contributed by atoms with Crippen LogP contribution >= 0.6 is 12.4 Å². The summed E-state index contributed by atoms with van der Waals surface area (Å²) in [4.78, 5) is 25.6. The Morgan fingerprint density at radius 2 is 1.67 bits per heavy atom. The Balaban J connectivity index is 0.00000364. The van der Waals surface area contributed by atoms with Gasteiger partial charge in [-0.3, -0.25) is 0 Å². The van der Waals surface area contributed by atoms with Crippen LogP contribution in [-0.4, -0.2) is 44.7 Å². The van der Waals surface area contributed by atoms with Crippen LogP contribution < -0.4 is 14.8 Å². The molecule has 0 atom stereocenters. The maximum Gasteiger partial charge on any atom is 0.414 e. The number of amides is 1. The fourth-order valence-corrected chi connectivity index (χ4v) is 2.18. The lowest BCUT2D eigenvalue weighted by Crippen LogP contribution is -2.25. The van der Waals surface area contributed by atoms with E-state index in [2.05, 4.69) is 5.32 Å². The predicted molar refractivity (Wildman–Crippen MR) is 107 cm³/mol. The Labute approximate surface area is 165 Å². The van der Waals surface area contributed by atoms with Crippen LogP contribution in [0.5, 0.6) is 11.5 Å². The molecule has 0 aliphatic rings. The molecule has 0 aliphatic heterocycles. The molecule has 2 aromatic carbocycles. The summed E-state index contributed by atoms with van der Waals surface area (Å²) in [5, 5.41) is 3.07. The molecule has 0 aliphatic carbocycles. The van der Waals surface area contributed by atoms with E-state index in [9.17, 15) is 9.59 Å². The van der Waals surface area contributed by atoms with Gasteiger partial charge in [-0.15, -0.1) is 12.4 Å². The van der Waals surface area contributed by atoms with E-state index in [1.54, 1.807) is 38.4 Å². The van der Waals surface area contributed by atoms with Crippen molar-refractivity contribution in [1.29, 1.82) is 0 Å². The van der Waals surface area contributed by atoms with Crippen molar-refractivity contribution >= 4 is 24.5 Å². The van der Waals surface area contributed by atoms with Crippen LogP contribution in [0.15, 0.2) is 42.5 Å². The molecule has 27 heavy (non-hydrogen) atoms. The Morgan fingerprint density at radius 1 is 1.00 bits per heavy atom. The zero-order chi connectivity index (χ0) is 19.1. The van der Waals surface area contributed by atoms with Gasteiger partial charge >= 0.3 is 12.1 Å². The van der Waals surface area contributed by atoms with Gasteiger partial charge in [-0.05, 0) is 56.8 Å². The van der Waals surface area contributed by atoms with Gasteiger partial charge in [0, 0.05) is 14.1 Å². The number of carbonyl (C=O) groups is 2. The van der Waals surface area contributed by atoms with E-state index < -0.39 is 12.1 Å². The van der Waals surface area contributed by atoms with Gasteiger partial charge in [0.1, 0.15) is 0 Å². The zero-order valence-electron chi connectivity index (χ0n) is 15.9. The third kappa shape index (κ3) is 6.58. The van der Waals surface area contributed by atoms with Crippen molar-refractivity contribution in [2.45, 2.75) is 13.3 Å². The van der Waals surface area contributed by atoms with Crippen LogP contribution in [0.4, 0.5) is 4.79 Å². The Hall–Kier alpha value is -2.57. The van der Waals surface area contributed by atoms with Gasteiger partial charge in [0.2, 0.25) is 0 Å². The molecular weight excluding hydrogens is 368 g/mol. The van der Waals surface area contributed by atoms with Crippen molar-refractivity contribution in [3.63, 3.8) is 0 Å². The number of aryl methyl sites for hydroxylation is 1. The van der Waals surface area contributed by atoms with Crippen LogP contribution in [0.2, 0.25) is 0 Å². The first-order valence-corrected chi connectivity index (χ1v) is 8.36. The molecule has 0 unspecified atom stereocenters. The maximum atomic E-state index is 12.4. The Bertz CT molecular complexity index is 776. The summed E-state index contributed by atoms with van der Waals surface area (Å²) in [6.07, 6.45) is 0.216. The van der Waals surface area contributed by atoms with E-state index in [0.29, 0.717) is 5.56 Å². The smallest absolute Gasteiger partial charge is 0.414 e. The Morgan fingerprint density at radius 3 is 2.26 bits per heavy atom. The average molecular weight is 393 g/mol. The number of hydrogen-bond acceptors (Lipinski definition) is 5. The third-order valence-electron chi connectivity index (χ3n) is 3.72. The second-order valence-electron chi connectivity index (χ2n) is 6.15. The van der Waals surface area contributed by atoms with Gasteiger partial charge in [-0.2, -0.15) is 0 Å². The number of carbonyl (C=O) groups excluding carboxylic acids is 2. The van der Waals surface area contributed by atoms with E-state index in [1.807, 2.05) is 32.2 Å². The highest BCUT2D eigenvalue weighted by Gasteiger charge is 2.17. The summed E-state index contributed by atoms with van der Waals surface area (Å²) in [5.74, 6) is -0.0744. The van der Waals surface area contributed by atoms with Crippen molar-refractivity contribution in [1.82, 2.24) is 10.2 Å². The molecule has 0 radical (unpaired) electrons. The summed E-state index contributed by atoms with van der Waals surface area (Å²) in [5.41, 5.74) is 2.45. The van der Waals surface area contributed by atoms with E-state index in [0.717, 1.165) is 24.1 Å². The summed E-state index contributed by atoms with van der Waals surface area (Å²) in [6.45, 7) is 2.72. The first-order valence-electron chi connectivity index (χ1n) is 8.36. The monoisotopic (exact) mass is 392 g/mol. The lowest BCUT2D eigenvalue weighted by atomic mass is 10.1. The van der Waals surface area contributed by atoms with Gasteiger partial charge in [0.15, 0.2) is 11.5 Å². The number of benzene rings is 2. The van der Waals surface area contributed by atoms with Crippen LogP contribution in [0.1, 0.15) is 21.5 Å². The number of nitrogens with zero attached hydrogens (tertiary/aromatic N) is 1. The lowest BCUT2D eigenvalue weighted by molar-refractivity contribution is 0.0728. The Kier molecular flexibility index (Phi) is 8.78. The highest BCUT2D eigenvalue weighted by Crippen LogP contribution is 2.30. The molecule has 0 heterocycles. The lowest BCUT2D eigenvalue weighted by Gasteiger charge is -2.15. The van der Waals surface area contributed by atoms with Crippen molar-refractivity contribution in [3.8, 4) is 11.5 Å². The molecule has 0 bridgehead atoms. The molecule has 2 aromatic rings. The summed E-state index contributed by atoms with van der Waals surface area (Å²) in [6, 6.07) is 12.3. The van der Waals surface area contributed by atoms with Gasteiger partial charge in [-0.25, -0.2) is 9.59 Å². The van der Waals surface area contributed by atoms with Crippen LogP contribution in [0, 0.1) is 6.92 Å². The van der Waals surface area contributed by atoms with E-state index in [-0.39, 0.29) is 23.9 Å². The molecule has 0 saturated carbocycles. The topological polar surface area (TPSA) is 67.9 Å². The molecule has 1 amide bonds. The minimum absolute atomic E-state index is 0. The first-order chi connectivity index (χ1) is 12.4.